The van der Waals surface area contributed by atoms with Gasteiger partial charge >= 0.3 is 6.09 Å². The van der Waals surface area contributed by atoms with Gasteiger partial charge in [0.1, 0.15) is 18.1 Å². The summed E-state index contributed by atoms with van der Waals surface area (Å²) in [5.74, 6) is -2.30. The van der Waals surface area contributed by atoms with Gasteiger partial charge in [-0.25, -0.2) is 14.4 Å². The number of methoxy groups -OCH3 is 2. The molecule has 25 nitrogen and oxygen atoms in total. The normalized spacial score (nSPS) is 18.8. The molecule has 3 N–H and O–H groups in total. The average molecular weight is 1430 g/mol. The molecular weight excluding hydrogens is 1340 g/mol. The number of aliphatic imine (C=N–C) groups is 1. The van der Waals surface area contributed by atoms with Gasteiger partial charge in [0.25, 0.3) is 11.8 Å². The number of ether oxygens (including phenoxy) is 5. The largest absolute Gasteiger partial charge is 0.493 e. The van der Waals surface area contributed by atoms with Crippen LogP contribution >= 0.6 is 0 Å². The zero-order chi connectivity index (χ0) is 74.0. The van der Waals surface area contributed by atoms with Crippen LogP contribution in [-0.2, 0) is 53.1 Å². The molecule has 6 amide bonds. The van der Waals surface area contributed by atoms with E-state index in [2.05, 4.69) is 20.9 Å². The first-order chi connectivity index (χ1) is 50.5. The number of rotatable bonds is 29. The second kappa shape index (κ2) is 30.8. The second-order valence-electron chi connectivity index (χ2n) is 29.9. The van der Waals surface area contributed by atoms with Crippen molar-refractivity contribution in [1.29, 1.82) is 0 Å². The van der Waals surface area contributed by atoms with Gasteiger partial charge in [0, 0.05) is 93.0 Å². The summed E-state index contributed by atoms with van der Waals surface area (Å²) in [6, 6.07) is 27.1. The molecule has 6 heterocycles. The fraction of sp³-hybridized carbons (Fsp3) is 0.475. The molecule has 0 unspecified atom stereocenters. The highest BCUT2D eigenvalue weighted by atomic mass is 16.6. The van der Waals surface area contributed by atoms with Gasteiger partial charge in [0.05, 0.1) is 92.5 Å². The Hall–Kier alpha value is -10.3. The fourth-order valence-corrected chi connectivity index (χ4v) is 15.2. The van der Waals surface area contributed by atoms with Crippen molar-refractivity contribution < 1.29 is 71.9 Å². The summed E-state index contributed by atoms with van der Waals surface area (Å²) in [5.41, 5.74) is 7.36. The molecule has 25 heteroatoms. The van der Waals surface area contributed by atoms with Crippen LogP contribution in [0.5, 0.6) is 23.0 Å². The average Bonchev–Trinajstić information content (AvgIpc) is 1.59. The van der Waals surface area contributed by atoms with Crippen molar-refractivity contribution in [3.63, 3.8) is 0 Å². The molecule has 6 aromatic rings. The monoisotopic (exact) mass is 1430 g/mol. The van der Waals surface area contributed by atoms with Gasteiger partial charge in [-0.2, -0.15) is 0 Å². The lowest BCUT2D eigenvalue weighted by atomic mass is 9.89. The number of anilines is 2. The zero-order valence-electron chi connectivity index (χ0n) is 60.7. The number of Topliss-reactive ketones (excluding diaryl/α,β-unsaturated/α-hetero) is 3. The maximum Gasteiger partial charge on any atom is 0.416 e. The summed E-state index contributed by atoms with van der Waals surface area (Å²) < 4.78 is 31.7. The van der Waals surface area contributed by atoms with E-state index in [-0.39, 0.29) is 146 Å². The van der Waals surface area contributed by atoms with E-state index in [9.17, 15) is 48.3 Å². The molecular formula is C80H92N10O15. The fourth-order valence-electron chi connectivity index (χ4n) is 15.2. The van der Waals surface area contributed by atoms with E-state index in [0.717, 1.165) is 65.9 Å². The number of benzene rings is 5. The molecule has 552 valence electrons. The van der Waals surface area contributed by atoms with Crippen molar-refractivity contribution in [2.75, 3.05) is 56.9 Å². The van der Waals surface area contributed by atoms with Gasteiger partial charge < -0.3 is 54.1 Å². The molecule has 5 aliphatic heterocycles. The molecule has 0 bridgehead atoms. The summed E-state index contributed by atoms with van der Waals surface area (Å²) in [6.07, 6.45) is 6.30. The zero-order valence-corrected chi connectivity index (χ0v) is 60.7. The Morgan fingerprint density at radius 3 is 2.00 bits per heavy atom. The van der Waals surface area contributed by atoms with Gasteiger partial charge in [0.2, 0.25) is 17.7 Å². The number of aromatic nitrogens is 3. The predicted octanol–water partition coefficient (Wildman–Crippen LogP) is 10.7. The van der Waals surface area contributed by atoms with Crippen LogP contribution in [0.25, 0.3) is 22.5 Å². The number of aliphatic hydroxyl groups is 1. The highest BCUT2D eigenvalue weighted by molar-refractivity contribution is 6.07. The molecule has 0 radical (unpaired) electrons. The van der Waals surface area contributed by atoms with Crippen LogP contribution in [0.2, 0.25) is 0 Å². The number of carbonyl (C=O) groups is 9. The number of ketones is 3. The Kier molecular flexibility index (Phi) is 21.4. The molecule has 5 aromatic carbocycles. The lowest BCUT2D eigenvalue weighted by molar-refractivity contribution is -0.133. The summed E-state index contributed by atoms with van der Waals surface area (Å²) in [5, 5.41) is 26.6. The minimum atomic E-state index is -1.46. The molecule has 5 atom stereocenters. The van der Waals surface area contributed by atoms with Gasteiger partial charge in [-0.05, 0) is 130 Å². The van der Waals surface area contributed by atoms with E-state index >= 15 is 0 Å². The third-order valence-electron chi connectivity index (χ3n) is 21.8. The number of nitrogens with one attached hydrogen (secondary N) is 2. The Labute approximate surface area is 610 Å². The standard InChI is InChI=1S/C80H92N10O15/c1-47(2)58(34-55(92)42-82-70(94)25-23-54(91)24-26-71(95)86-43-52-15-9-10-16-56(52)73-72(84-85-90(73)48(3)4)57-17-11-12-18-62(57)86)74(96)83-49(5)65(93)33-50-19-21-51(22-20-50)44-105-78(100)89-63-38-69(67(102-7)36-60(63)76(98)88-46-80(29-30-80)40-64(88)77(89)99)104-32-14-8-13-31-103-68-37-61-59(35-66(68)101-6)75(97)87-45-79(27-28-79)39-53(87)41-81-61/h9-12,15-22,35-38,41,47-49,53,58,64,77,99H,8,13-14,23-34,39-40,42-46H2,1-7H3,(H,82,94)(H,83,96)/t49-,53-,58-,64-,77-/m0/s1. The number of para-hydroxylation sites is 1. The Bertz CT molecular complexity index is 4400. The van der Waals surface area contributed by atoms with Crippen LogP contribution in [0.3, 0.4) is 0 Å². The van der Waals surface area contributed by atoms with Gasteiger partial charge in [-0.1, -0.05) is 85.8 Å². The van der Waals surface area contributed by atoms with E-state index in [4.69, 9.17) is 28.7 Å². The maximum atomic E-state index is 14.5. The maximum absolute atomic E-state index is 14.5. The van der Waals surface area contributed by atoms with Crippen LogP contribution in [-0.4, -0.2) is 161 Å². The number of hydrogen-bond acceptors (Lipinski definition) is 18. The second-order valence-corrected chi connectivity index (χ2v) is 29.9. The lowest BCUT2D eigenvalue weighted by Gasteiger charge is -2.31. The first kappa shape index (κ1) is 73.0. The third-order valence-corrected chi connectivity index (χ3v) is 21.8. The van der Waals surface area contributed by atoms with E-state index in [1.807, 2.05) is 78.2 Å². The summed E-state index contributed by atoms with van der Waals surface area (Å²) in [4.78, 5) is 134. The number of unbranched alkanes of at least 4 members (excludes halogenated alkanes) is 2. The molecule has 2 saturated carbocycles. The number of fused-ring (bicyclic) bond motifs is 9. The summed E-state index contributed by atoms with van der Waals surface area (Å²) in [7, 11) is 3.02. The van der Waals surface area contributed by atoms with Crippen LogP contribution in [0.15, 0.2) is 102 Å². The van der Waals surface area contributed by atoms with E-state index in [1.54, 1.807) is 80.1 Å². The molecule has 2 spiro atoms. The van der Waals surface area contributed by atoms with Crippen LogP contribution < -0.4 is 39.4 Å². The summed E-state index contributed by atoms with van der Waals surface area (Å²) in [6.45, 7) is 10.7. The van der Waals surface area contributed by atoms with Crippen LogP contribution in [0.1, 0.15) is 168 Å². The first-order valence-electron chi connectivity index (χ1n) is 36.7. The van der Waals surface area contributed by atoms with Crippen molar-refractivity contribution in [2.24, 2.45) is 27.7 Å². The highest BCUT2D eigenvalue weighted by Crippen LogP contribution is 2.58. The molecule has 2 saturated heterocycles. The van der Waals surface area contributed by atoms with E-state index in [0.29, 0.717) is 84.1 Å². The van der Waals surface area contributed by atoms with Crippen molar-refractivity contribution in [2.45, 2.75) is 174 Å². The first-order valence-corrected chi connectivity index (χ1v) is 36.7. The van der Waals surface area contributed by atoms with E-state index < -0.39 is 47.9 Å². The molecule has 2 aliphatic carbocycles. The van der Waals surface area contributed by atoms with Crippen LogP contribution in [0.4, 0.5) is 21.9 Å². The van der Waals surface area contributed by atoms with Gasteiger partial charge in [0.15, 0.2) is 40.8 Å². The number of amides is 6. The Morgan fingerprint density at radius 1 is 0.667 bits per heavy atom. The molecule has 13 rings (SSSR count). The van der Waals surface area contributed by atoms with Crippen molar-refractivity contribution in [3.8, 4) is 45.5 Å². The number of aliphatic hydroxyl groups excluding tert-OH is 1. The topological polar surface area (TPSA) is 300 Å². The molecule has 105 heavy (non-hydrogen) atoms. The smallest absolute Gasteiger partial charge is 0.416 e. The molecule has 4 fully saturated rings. The molecule has 7 aliphatic rings. The van der Waals surface area contributed by atoms with E-state index in [1.165, 1.54) is 13.2 Å². The minimum absolute atomic E-state index is 0.0137. The van der Waals surface area contributed by atoms with Crippen molar-refractivity contribution in [3.05, 3.63) is 125 Å². The number of hydrogen-bond donors (Lipinski definition) is 3. The Morgan fingerprint density at radius 2 is 1.30 bits per heavy atom. The Balaban J connectivity index is 0.556. The van der Waals surface area contributed by atoms with Gasteiger partial charge in [-0.15, -0.1) is 5.10 Å². The quantitative estimate of drug-likeness (QED) is 0.0368. The number of nitrogens with zero attached hydrogens (tertiary/aromatic N) is 8. The van der Waals surface area contributed by atoms with Crippen LogP contribution in [0, 0.1) is 22.7 Å². The van der Waals surface area contributed by atoms with Crippen molar-refractivity contribution in [1.82, 2.24) is 35.4 Å². The SMILES string of the molecule is COc1cc2c(cc1OCCCCCOc1cc3c(cc1OC)C(=O)N1CC4(CC4)C[C@H]1[C@H](O)N3C(=O)OCc1ccc(CC(=O)[C@H](C)NC(=O)[C@@H](CC(=O)CNC(=O)CCC(=O)CCC(=O)N3Cc4ccccc4-c4c(nnn4C(C)C)-c4ccccc43)C(C)C)cc1)N=C[C@@H]1CC3(CC3)CN1C2=O. The van der Waals surface area contributed by atoms with Gasteiger partial charge in [-0.3, -0.25) is 43.3 Å². The molecule has 1 aromatic heterocycles. The third kappa shape index (κ3) is 15.7. The highest BCUT2D eigenvalue weighted by Gasteiger charge is 2.58. The van der Waals surface area contributed by atoms with Crippen molar-refractivity contribution >= 4 is 76.3 Å². The predicted molar refractivity (Wildman–Crippen MR) is 390 cm³/mol. The lowest BCUT2D eigenvalue weighted by Crippen LogP contribution is -2.50. The number of carbonyl (C=O) groups excluding carboxylic acids is 9. The summed E-state index contributed by atoms with van der Waals surface area (Å²) >= 11 is 0. The minimum Gasteiger partial charge on any atom is -0.493 e.